The largest absolute Gasteiger partial charge is 0.497 e. The van der Waals surface area contributed by atoms with Crippen molar-refractivity contribution in [2.75, 3.05) is 60.1 Å². The maximum Gasteiger partial charge on any atom is 0.253 e. The van der Waals surface area contributed by atoms with Crippen molar-refractivity contribution >= 4 is 17.7 Å². The Hall–Kier alpha value is -2.61. The monoisotopic (exact) mass is 389 g/mol. The zero-order valence-electron chi connectivity index (χ0n) is 16.4. The summed E-state index contributed by atoms with van der Waals surface area (Å²) in [6.45, 7) is 3.40. The van der Waals surface area contributed by atoms with E-state index in [0.29, 0.717) is 57.2 Å². The second-order valence-corrected chi connectivity index (χ2v) is 7.08. The molecule has 8 heteroatoms. The van der Waals surface area contributed by atoms with Gasteiger partial charge in [0.05, 0.1) is 19.6 Å². The van der Waals surface area contributed by atoms with E-state index in [-0.39, 0.29) is 30.1 Å². The summed E-state index contributed by atoms with van der Waals surface area (Å²) in [5.41, 5.74) is 0.607. The van der Waals surface area contributed by atoms with Gasteiger partial charge in [0.15, 0.2) is 0 Å². The molecule has 1 unspecified atom stereocenters. The Morgan fingerprint density at radius 3 is 2.29 bits per heavy atom. The molecule has 3 amide bonds. The van der Waals surface area contributed by atoms with Crippen LogP contribution in [0.2, 0.25) is 0 Å². The number of methoxy groups -OCH3 is 2. The van der Waals surface area contributed by atoms with Gasteiger partial charge in [-0.2, -0.15) is 0 Å². The molecule has 0 saturated carbocycles. The molecule has 0 aliphatic carbocycles. The van der Waals surface area contributed by atoms with Crippen LogP contribution in [0.25, 0.3) is 0 Å². The number of hydrogen-bond donors (Lipinski definition) is 0. The molecule has 1 atom stereocenters. The lowest BCUT2D eigenvalue weighted by Crippen LogP contribution is -2.52. The maximum absolute atomic E-state index is 12.8. The summed E-state index contributed by atoms with van der Waals surface area (Å²) in [4.78, 5) is 42.7. The topological polar surface area (TPSA) is 79.4 Å². The summed E-state index contributed by atoms with van der Waals surface area (Å²) in [5, 5.41) is 0. The van der Waals surface area contributed by atoms with E-state index in [2.05, 4.69) is 0 Å². The molecule has 2 aliphatic rings. The summed E-state index contributed by atoms with van der Waals surface area (Å²) in [6, 6.07) is 7.02. The second kappa shape index (κ2) is 9.05. The van der Waals surface area contributed by atoms with Gasteiger partial charge in [-0.3, -0.25) is 14.4 Å². The molecule has 0 spiro atoms. The van der Waals surface area contributed by atoms with E-state index in [1.807, 2.05) is 0 Å². The first-order chi connectivity index (χ1) is 13.5. The first-order valence-electron chi connectivity index (χ1n) is 9.52. The van der Waals surface area contributed by atoms with Crippen molar-refractivity contribution in [1.29, 1.82) is 0 Å². The number of nitrogens with zero attached hydrogens (tertiary/aromatic N) is 3. The maximum atomic E-state index is 12.8. The van der Waals surface area contributed by atoms with E-state index in [4.69, 9.17) is 9.47 Å². The fourth-order valence-electron chi connectivity index (χ4n) is 3.66. The number of benzene rings is 1. The van der Waals surface area contributed by atoms with Crippen LogP contribution in [-0.2, 0) is 14.3 Å². The molecular formula is C20H27N3O5. The number of rotatable bonds is 6. The Kier molecular flexibility index (Phi) is 6.51. The molecule has 0 aromatic heterocycles. The fourth-order valence-corrected chi connectivity index (χ4v) is 3.66. The van der Waals surface area contributed by atoms with E-state index < -0.39 is 0 Å². The molecule has 1 aromatic carbocycles. The highest BCUT2D eigenvalue weighted by Gasteiger charge is 2.37. The van der Waals surface area contributed by atoms with Crippen molar-refractivity contribution in [2.45, 2.75) is 6.42 Å². The van der Waals surface area contributed by atoms with Crippen LogP contribution in [0.4, 0.5) is 0 Å². The molecule has 3 rings (SSSR count). The third-order valence-electron chi connectivity index (χ3n) is 5.34. The minimum atomic E-state index is -0.298. The van der Waals surface area contributed by atoms with Gasteiger partial charge in [0.25, 0.3) is 5.91 Å². The molecular weight excluding hydrogens is 362 g/mol. The molecule has 2 aliphatic heterocycles. The number of likely N-dealkylation sites (tertiary alicyclic amines) is 1. The van der Waals surface area contributed by atoms with Crippen molar-refractivity contribution < 1.29 is 23.9 Å². The molecule has 2 heterocycles. The van der Waals surface area contributed by atoms with E-state index in [0.717, 1.165) is 0 Å². The van der Waals surface area contributed by atoms with Crippen molar-refractivity contribution in [3.8, 4) is 5.75 Å². The van der Waals surface area contributed by atoms with Gasteiger partial charge in [0, 0.05) is 58.4 Å². The fraction of sp³-hybridized carbons (Fsp3) is 0.550. The molecule has 0 N–H and O–H groups in total. The zero-order valence-corrected chi connectivity index (χ0v) is 16.4. The third-order valence-corrected chi connectivity index (χ3v) is 5.34. The quantitative estimate of drug-likeness (QED) is 0.707. The summed E-state index contributed by atoms with van der Waals surface area (Å²) in [7, 11) is 3.18. The number of amides is 3. The Morgan fingerprint density at radius 2 is 1.68 bits per heavy atom. The minimum absolute atomic E-state index is 0.00344. The van der Waals surface area contributed by atoms with Crippen LogP contribution >= 0.6 is 0 Å². The van der Waals surface area contributed by atoms with Crippen LogP contribution in [0.1, 0.15) is 16.8 Å². The lowest BCUT2D eigenvalue weighted by Gasteiger charge is -2.36. The molecule has 0 bridgehead atoms. The molecule has 152 valence electrons. The van der Waals surface area contributed by atoms with Crippen LogP contribution in [0, 0.1) is 5.92 Å². The van der Waals surface area contributed by atoms with E-state index >= 15 is 0 Å². The Bertz CT molecular complexity index is 713. The third kappa shape index (κ3) is 4.44. The van der Waals surface area contributed by atoms with Gasteiger partial charge < -0.3 is 24.2 Å². The molecule has 0 radical (unpaired) electrons. The average Bonchev–Trinajstić information content (AvgIpc) is 3.11. The summed E-state index contributed by atoms with van der Waals surface area (Å²) in [6.07, 6.45) is 0.257. The normalized spacial score (nSPS) is 19.9. The van der Waals surface area contributed by atoms with Gasteiger partial charge in [-0.15, -0.1) is 0 Å². The van der Waals surface area contributed by atoms with Gasteiger partial charge in [-0.05, 0) is 24.3 Å². The minimum Gasteiger partial charge on any atom is -0.497 e. The predicted octanol–water partition coefficient (Wildman–Crippen LogP) is 0.475. The highest BCUT2D eigenvalue weighted by Crippen LogP contribution is 2.21. The van der Waals surface area contributed by atoms with Crippen LogP contribution in [0.3, 0.4) is 0 Å². The Morgan fingerprint density at radius 1 is 1.04 bits per heavy atom. The first kappa shape index (κ1) is 20.1. The van der Waals surface area contributed by atoms with E-state index in [1.165, 1.54) is 0 Å². The van der Waals surface area contributed by atoms with Crippen molar-refractivity contribution in [2.24, 2.45) is 5.92 Å². The zero-order chi connectivity index (χ0) is 20.1. The van der Waals surface area contributed by atoms with Gasteiger partial charge in [0.2, 0.25) is 11.8 Å². The molecule has 1 aromatic rings. The highest BCUT2D eigenvalue weighted by molar-refractivity contribution is 5.94. The Labute approximate surface area is 165 Å². The number of hydrogen-bond acceptors (Lipinski definition) is 5. The smallest absolute Gasteiger partial charge is 0.253 e. The highest BCUT2D eigenvalue weighted by atomic mass is 16.5. The summed E-state index contributed by atoms with van der Waals surface area (Å²) < 4.78 is 10.1. The van der Waals surface area contributed by atoms with Crippen LogP contribution in [0.5, 0.6) is 5.75 Å². The van der Waals surface area contributed by atoms with Crippen LogP contribution in [0.15, 0.2) is 24.3 Å². The van der Waals surface area contributed by atoms with Gasteiger partial charge in [-0.1, -0.05) is 0 Å². The molecule has 28 heavy (non-hydrogen) atoms. The van der Waals surface area contributed by atoms with Crippen LogP contribution in [-0.4, -0.2) is 92.5 Å². The summed E-state index contributed by atoms with van der Waals surface area (Å²) >= 11 is 0. The van der Waals surface area contributed by atoms with Crippen LogP contribution < -0.4 is 4.74 Å². The number of ether oxygens (including phenoxy) is 2. The number of carbonyl (C=O) groups is 3. The molecule has 2 saturated heterocycles. The molecule has 2 fully saturated rings. The molecule has 8 nitrogen and oxygen atoms in total. The average molecular weight is 389 g/mol. The SMILES string of the molecule is COCCN1CC(C(=O)N2CCN(C(=O)c3ccc(OC)cc3)CC2)CC1=O. The van der Waals surface area contributed by atoms with Gasteiger partial charge in [0.1, 0.15) is 5.75 Å². The lowest BCUT2D eigenvalue weighted by atomic mass is 10.1. The van der Waals surface area contributed by atoms with Gasteiger partial charge >= 0.3 is 0 Å². The van der Waals surface area contributed by atoms with Gasteiger partial charge in [-0.25, -0.2) is 0 Å². The Balaban J connectivity index is 1.51. The standard InChI is InChI=1S/C20H27N3O5/c1-27-12-11-23-14-16(13-18(23)24)20(26)22-9-7-21(8-10-22)19(25)15-3-5-17(28-2)6-4-15/h3-6,16H,7-14H2,1-2H3. The number of carbonyl (C=O) groups excluding carboxylic acids is 3. The van der Waals surface area contributed by atoms with E-state index in [9.17, 15) is 14.4 Å². The van der Waals surface area contributed by atoms with Crippen molar-refractivity contribution in [3.05, 3.63) is 29.8 Å². The number of piperazine rings is 1. The van der Waals surface area contributed by atoms with Crippen molar-refractivity contribution in [1.82, 2.24) is 14.7 Å². The summed E-state index contributed by atoms with van der Waals surface area (Å²) in [5.74, 6) is 0.371. The van der Waals surface area contributed by atoms with E-state index in [1.54, 1.807) is 53.2 Å². The lowest BCUT2D eigenvalue weighted by molar-refractivity contribution is -0.137. The predicted molar refractivity (Wildman–Crippen MR) is 102 cm³/mol. The second-order valence-electron chi connectivity index (χ2n) is 7.08. The van der Waals surface area contributed by atoms with Crippen molar-refractivity contribution in [3.63, 3.8) is 0 Å². The first-order valence-corrected chi connectivity index (χ1v) is 9.52.